The van der Waals surface area contributed by atoms with Crippen molar-refractivity contribution in [1.29, 1.82) is 0 Å². The normalized spacial score (nSPS) is 24.4. The predicted octanol–water partition coefficient (Wildman–Crippen LogP) is 2.83. The van der Waals surface area contributed by atoms with E-state index >= 15 is 0 Å². The smallest absolute Gasteiger partial charge is 0.222 e. The number of carbonyl (C=O) groups excluding carboxylic acids is 2. The second-order valence-electron chi connectivity index (χ2n) is 7.84. The SMILES string of the molecule is CCCN1CCCCOc2cc(F)cc(c2)CC(C2CO2)NC(=O)CCCC1=O. The molecule has 0 aliphatic carbocycles. The van der Waals surface area contributed by atoms with E-state index in [1.165, 1.54) is 12.1 Å². The number of fused-ring (bicyclic) bond motifs is 2. The van der Waals surface area contributed by atoms with Crippen LogP contribution in [-0.4, -0.2) is 55.2 Å². The molecule has 2 atom stereocenters. The summed E-state index contributed by atoms with van der Waals surface area (Å²) < 4.78 is 25.2. The number of nitrogens with one attached hydrogen (secondary N) is 1. The van der Waals surface area contributed by atoms with Crippen LogP contribution in [-0.2, 0) is 20.7 Å². The lowest BCUT2D eigenvalue weighted by Gasteiger charge is -2.22. The fourth-order valence-electron chi connectivity index (χ4n) is 3.70. The predicted molar refractivity (Wildman–Crippen MR) is 107 cm³/mol. The molecular weight excluding hydrogens is 375 g/mol. The van der Waals surface area contributed by atoms with Gasteiger partial charge in [-0.3, -0.25) is 9.59 Å². The standard InChI is InChI=1S/C22H31FN2O4/c1-2-8-25-9-3-4-10-28-18-12-16(11-17(23)14-18)13-19(20-15-29-20)24-21(26)6-5-7-22(25)27/h11-12,14,19-20H,2-10,13,15H2,1H3,(H,24,26). The van der Waals surface area contributed by atoms with Crippen LogP contribution < -0.4 is 10.1 Å². The third kappa shape index (κ3) is 6.99. The van der Waals surface area contributed by atoms with Gasteiger partial charge in [0.1, 0.15) is 17.7 Å². The zero-order chi connectivity index (χ0) is 20.6. The Morgan fingerprint density at radius 2 is 2.00 bits per heavy atom. The summed E-state index contributed by atoms with van der Waals surface area (Å²) in [4.78, 5) is 26.8. The van der Waals surface area contributed by atoms with Gasteiger partial charge in [-0.05, 0) is 49.8 Å². The molecule has 1 aromatic carbocycles. The van der Waals surface area contributed by atoms with E-state index in [9.17, 15) is 14.0 Å². The van der Waals surface area contributed by atoms with Crippen molar-refractivity contribution in [3.8, 4) is 5.75 Å². The summed E-state index contributed by atoms with van der Waals surface area (Å²) in [6, 6.07) is 4.48. The molecule has 2 amide bonds. The van der Waals surface area contributed by atoms with Crippen molar-refractivity contribution in [2.75, 3.05) is 26.3 Å². The Morgan fingerprint density at radius 1 is 1.17 bits per heavy atom. The number of epoxide rings is 1. The monoisotopic (exact) mass is 406 g/mol. The first kappa shape index (κ1) is 21.6. The van der Waals surface area contributed by atoms with Gasteiger partial charge in [-0.2, -0.15) is 0 Å². The van der Waals surface area contributed by atoms with Crippen LogP contribution in [0.5, 0.6) is 5.75 Å². The second kappa shape index (κ2) is 10.6. The summed E-state index contributed by atoms with van der Waals surface area (Å²) in [5, 5.41) is 3.00. The molecule has 0 radical (unpaired) electrons. The largest absolute Gasteiger partial charge is 0.493 e. The number of nitrogens with zero attached hydrogens (tertiary/aromatic N) is 1. The first-order valence-corrected chi connectivity index (χ1v) is 10.7. The van der Waals surface area contributed by atoms with Crippen LogP contribution in [0.15, 0.2) is 18.2 Å². The van der Waals surface area contributed by atoms with Crippen LogP contribution in [0, 0.1) is 5.82 Å². The van der Waals surface area contributed by atoms with E-state index in [1.54, 1.807) is 0 Å². The van der Waals surface area contributed by atoms with E-state index in [1.807, 2.05) is 17.9 Å². The summed E-state index contributed by atoms with van der Waals surface area (Å²) in [5.74, 6) is 0.141. The molecule has 7 heteroatoms. The van der Waals surface area contributed by atoms with Crippen molar-refractivity contribution in [1.82, 2.24) is 10.2 Å². The molecule has 2 heterocycles. The first-order valence-electron chi connectivity index (χ1n) is 10.7. The van der Waals surface area contributed by atoms with Crippen LogP contribution in [0.1, 0.15) is 51.0 Å². The molecule has 29 heavy (non-hydrogen) atoms. The van der Waals surface area contributed by atoms with E-state index in [4.69, 9.17) is 9.47 Å². The van der Waals surface area contributed by atoms with Crippen molar-refractivity contribution in [3.05, 3.63) is 29.6 Å². The average Bonchev–Trinajstić information content (AvgIpc) is 3.50. The molecule has 0 saturated carbocycles. The maximum Gasteiger partial charge on any atom is 0.222 e. The number of carbonyl (C=O) groups is 2. The van der Waals surface area contributed by atoms with Crippen molar-refractivity contribution in [3.63, 3.8) is 0 Å². The second-order valence-corrected chi connectivity index (χ2v) is 7.84. The van der Waals surface area contributed by atoms with Crippen LogP contribution in [0.4, 0.5) is 4.39 Å². The zero-order valence-corrected chi connectivity index (χ0v) is 17.1. The highest BCUT2D eigenvalue weighted by Gasteiger charge is 2.34. The lowest BCUT2D eigenvalue weighted by molar-refractivity contribution is -0.131. The first-order chi connectivity index (χ1) is 14.0. The Bertz CT molecular complexity index is 708. The fourth-order valence-corrected chi connectivity index (χ4v) is 3.70. The Hall–Kier alpha value is -2.15. The van der Waals surface area contributed by atoms with E-state index < -0.39 is 0 Å². The molecule has 2 aliphatic heterocycles. The van der Waals surface area contributed by atoms with Gasteiger partial charge in [-0.15, -0.1) is 0 Å². The van der Waals surface area contributed by atoms with Crippen LogP contribution in [0.2, 0.25) is 0 Å². The van der Waals surface area contributed by atoms with E-state index in [-0.39, 0.29) is 29.8 Å². The Balaban J connectivity index is 1.71. The summed E-state index contributed by atoms with van der Waals surface area (Å²) >= 11 is 0. The van der Waals surface area contributed by atoms with Crippen molar-refractivity contribution in [2.24, 2.45) is 0 Å². The quantitative estimate of drug-likeness (QED) is 0.784. The number of benzene rings is 1. The molecule has 2 bridgehead atoms. The Kier molecular flexibility index (Phi) is 7.86. The average molecular weight is 406 g/mol. The molecule has 0 aromatic heterocycles. The van der Waals surface area contributed by atoms with Crippen molar-refractivity contribution >= 4 is 11.8 Å². The lowest BCUT2D eigenvalue weighted by atomic mass is 10.0. The van der Waals surface area contributed by atoms with Gasteiger partial charge in [0.25, 0.3) is 0 Å². The molecule has 0 spiro atoms. The molecule has 1 N–H and O–H groups in total. The lowest BCUT2D eigenvalue weighted by Crippen LogP contribution is -2.40. The minimum Gasteiger partial charge on any atom is -0.493 e. The highest BCUT2D eigenvalue weighted by Crippen LogP contribution is 2.23. The fraction of sp³-hybridized carbons (Fsp3) is 0.636. The minimum absolute atomic E-state index is 0.0460. The van der Waals surface area contributed by atoms with Gasteiger partial charge in [0.2, 0.25) is 11.8 Å². The molecule has 1 saturated heterocycles. The summed E-state index contributed by atoms with van der Waals surface area (Å²) in [6.07, 6.45) is 4.15. The minimum atomic E-state index is -0.350. The van der Waals surface area contributed by atoms with Gasteiger partial charge in [-0.1, -0.05) is 6.92 Å². The van der Waals surface area contributed by atoms with Gasteiger partial charge in [0.15, 0.2) is 0 Å². The molecule has 1 fully saturated rings. The molecule has 2 aliphatic rings. The highest BCUT2D eigenvalue weighted by molar-refractivity contribution is 5.79. The molecule has 3 rings (SSSR count). The number of ether oxygens (including phenoxy) is 2. The van der Waals surface area contributed by atoms with Crippen molar-refractivity contribution < 1.29 is 23.5 Å². The van der Waals surface area contributed by atoms with Crippen LogP contribution in [0.3, 0.4) is 0 Å². The zero-order valence-electron chi connectivity index (χ0n) is 17.1. The maximum absolute atomic E-state index is 14.1. The Labute approximate surface area is 171 Å². The van der Waals surface area contributed by atoms with E-state index in [2.05, 4.69) is 5.32 Å². The van der Waals surface area contributed by atoms with Gasteiger partial charge < -0.3 is 19.7 Å². The van der Waals surface area contributed by atoms with Crippen LogP contribution in [0.25, 0.3) is 0 Å². The highest BCUT2D eigenvalue weighted by atomic mass is 19.1. The van der Waals surface area contributed by atoms with Gasteiger partial charge in [-0.25, -0.2) is 4.39 Å². The van der Waals surface area contributed by atoms with Gasteiger partial charge in [0.05, 0.1) is 19.3 Å². The van der Waals surface area contributed by atoms with Crippen LogP contribution >= 0.6 is 0 Å². The topological polar surface area (TPSA) is 71.2 Å². The van der Waals surface area contributed by atoms with E-state index in [0.717, 1.165) is 31.4 Å². The summed E-state index contributed by atoms with van der Waals surface area (Å²) in [7, 11) is 0. The molecule has 160 valence electrons. The number of hydrogen-bond donors (Lipinski definition) is 1. The molecule has 2 unspecified atom stereocenters. The number of amides is 2. The van der Waals surface area contributed by atoms with Gasteiger partial charge in [0, 0.05) is 32.0 Å². The summed E-state index contributed by atoms with van der Waals surface area (Å²) in [6.45, 7) is 4.52. The third-order valence-electron chi connectivity index (χ3n) is 5.27. The summed E-state index contributed by atoms with van der Waals surface area (Å²) in [5.41, 5.74) is 0.773. The van der Waals surface area contributed by atoms with Crippen molar-refractivity contribution in [2.45, 2.75) is 64.0 Å². The Morgan fingerprint density at radius 3 is 2.76 bits per heavy atom. The number of rotatable bonds is 3. The molecule has 6 nitrogen and oxygen atoms in total. The maximum atomic E-state index is 14.1. The molecular formula is C22H31FN2O4. The number of hydrogen-bond acceptors (Lipinski definition) is 4. The number of halogens is 1. The third-order valence-corrected chi connectivity index (χ3v) is 5.27. The molecule has 1 aromatic rings. The van der Waals surface area contributed by atoms with E-state index in [0.29, 0.717) is 51.2 Å². The van der Waals surface area contributed by atoms with Gasteiger partial charge >= 0.3 is 0 Å².